The number of nitrogen functional groups attached to an aromatic ring is 1. The van der Waals surface area contributed by atoms with Crippen molar-refractivity contribution in [2.24, 2.45) is 11.3 Å². The molecular formula is C28H35N2O4Se+. The number of carbonyl (C=O) groups is 1. The molecule has 2 aliphatic heterocycles. The Kier molecular flexibility index (Phi) is 6.82. The van der Waals surface area contributed by atoms with Gasteiger partial charge in [0.05, 0.1) is 0 Å². The Morgan fingerprint density at radius 2 is 1.83 bits per heavy atom. The van der Waals surface area contributed by atoms with Crippen molar-refractivity contribution in [3.63, 3.8) is 0 Å². The van der Waals surface area contributed by atoms with Gasteiger partial charge in [-0.05, 0) is 0 Å². The Morgan fingerprint density at radius 1 is 1.09 bits per heavy atom. The summed E-state index contributed by atoms with van der Waals surface area (Å²) >= 11 is 0.374. The molecular weight excluding hydrogens is 507 g/mol. The number of anilines is 1. The predicted molar refractivity (Wildman–Crippen MR) is 138 cm³/mol. The van der Waals surface area contributed by atoms with Gasteiger partial charge in [-0.15, -0.1) is 0 Å². The molecule has 2 heterocycles. The molecule has 0 saturated heterocycles. The Hall–Kier alpha value is -2.50. The maximum absolute atomic E-state index is 12.7. The van der Waals surface area contributed by atoms with Crippen molar-refractivity contribution in [1.82, 2.24) is 0 Å². The van der Waals surface area contributed by atoms with Crippen LogP contribution in [0.3, 0.4) is 0 Å². The zero-order chi connectivity index (χ0) is 24.6. The molecule has 0 aromatic heterocycles. The van der Waals surface area contributed by atoms with Gasteiger partial charge in [0.15, 0.2) is 0 Å². The molecule has 35 heavy (non-hydrogen) atoms. The van der Waals surface area contributed by atoms with Gasteiger partial charge in [0.25, 0.3) is 0 Å². The third-order valence-corrected chi connectivity index (χ3v) is 10.7. The maximum atomic E-state index is 12.7. The van der Waals surface area contributed by atoms with E-state index in [4.69, 9.17) is 19.9 Å². The average Bonchev–Trinajstić information content (AvgIpc) is 3.24. The minimum absolute atomic E-state index is 0.0984. The molecule has 2 aromatic carbocycles. The molecule has 1 fully saturated rings. The van der Waals surface area contributed by atoms with E-state index in [-0.39, 0.29) is 11.4 Å². The number of methoxy groups -OCH3 is 3. The second-order valence-corrected chi connectivity index (χ2v) is 12.9. The van der Waals surface area contributed by atoms with Crippen LogP contribution in [0.5, 0.6) is 11.5 Å². The first-order valence-corrected chi connectivity index (χ1v) is 14.2. The van der Waals surface area contributed by atoms with Crippen molar-refractivity contribution in [2.45, 2.75) is 42.8 Å². The van der Waals surface area contributed by atoms with Crippen LogP contribution in [0.2, 0.25) is 4.82 Å². The summed E-state index contributed by atoms with van der Waals surface area (Å²) in [6, 6.07) is 14.8. The Bertz CT molecular complexity index is 1140. The van der Waals surface area contributed by atoms with Gasteiger partial charge < -0.3 is 0 Å². The molecule has 1 saturated carbocycles. The van der Waals surface area contributed by atoms with Crippen LogP contribution in [-0.4, -0.2) is 65.6 Å². The Morgan fingerprint density at radius 3 is 2.54 bits per heavy atom. The standard InChI is InChI=1S/C28H35N2O4Se/c1-32-24-13-22(23(29)14-25(24)33-2)20-10-12-30-17-19(35-18-7-5-4-6-8-18)15-28(16-26(31)34-3)11-9-21(20)27(28)30/h4-8,13-14,19-21H,9-12,15-17,29H2,1-3H3/q+1/t19?,20-,21-,28-/m1/s1. The average molecular weight is 543 g/mol. The molecule has 0 spiro atoms. The Balaban J connectivity index is 1.51. The molecule has 0 amide bonds. The number of benzene rings is 2. The van der Waals surface area contributed by atoms with Gasteiger partial charge in [0.1, 0.15) is 0 Å². The summed E-state index contributed by atoms with van der Waals surface area (Å²) in [6.07, 6.45) is 4.69. The van der Waals surface area contributed by atoms with Crippen LogP contribution in [-0.2, 0) is 9.53 Å². The van der Waals surface area contributed by atoms with Crippen LogP contribution < -0.4 is 19.7 Å². The molecule has 0 radical (unpaired) electrons. The first-order valence-electron chi connectivity index (χ1n) is 12.4. The summed E-state index contributed by atoms with van der Waals surface area (Å²) in [5.41, 5.74) is 9.83. The van der Waals surface area contributed by atoms with Gasteiger partial charge in [0.2, 0.25) is 0 Å². The monoisotopic (exact) mass is 543 g/mol. The number of ether oxygens (including phenoxy) is 3. The second-order valence-electron chi connectivity index (χ2n) is 10.00. The SMILES string of the molecule is COC(=O)C[C@]12CC[C@H]3C1=[N+](CC[C@H]3c1cc(OC)c(OC)cc1N)CC([Se]c1ccccc1)C2. The number of esters is 1. The van der Waals surface area contributed by atoms with Crippen molar-refractivity contribution < 1.29 is 23.6 Å². The zero-order valence-corrected chi connectivity index (χ0v) is 22.5. The predicted octanol–water partition coefficient (Wildman–Crippen LogP) is 3.41. The van der Waals surface area contributed by atoms with Crippen LogP contribution >= 0.6 is 0 Å². The molecule has 7 heteroatoms. The number of nitrogens with two attached hydrogens (primary N) is 1. The molecule has 2 N–H and O–H groups in total. The van der Waals surface area contributed by atoms with Gasteiger partial charge in [-0.25, -0.2) is 0 Å². The zero-order valence-electron chi connectivity index (χ0n) is 20.8. The van der Waals surface area contributed by atoms with Crippen molar-refractivity contribution in [2.75, 3.05) is 40.2 Å². The molecule has 4 atom stereocenters. The fraction of sp³-hybridized carbons (Fsp3) is 0.500. The topological polar surface area (TPSA) is 73.8 Å². The van der Waals surface area contributed by atoms with Crippen LogP contribution in [0.25, 0.3) is 0 Å². The number of hydrogen-bond acceptors (Lipinski definition) is 5. The molecule has 186 valence electrons. The van der Waals surface area contributed by atoms with Crippen LogP contribution in [0.4, 0.5) is 5.69 Å². The first-order chi connectivity index (χ1) is 17.0. The molecule has 2 aromatic rings. The fourth-order valence-electron chi connectivity index (χ4n) is 6.78. The van der Waals surface area contributed by atoms with E-state index in [0.29, 0.717) is 43.8 Å². The summed E-state index contributed by atoms with van der Waals surface area (Å²) in [5, 5.41) is 0. The summed E-state index contributed by atoms with van der Waals surface area (Å²) in [4.78, 5) is 13.2. The molecule has 1 aliphatic carbocycles. The van der Waals surface area contributed by atoms with Crippen LogP contribution in [0.15, 0.2) is 42.5 Å². The molecule has 1 unspecified atom stereocenters. The summed E-state index contributed by atoms with van der Waals surface area (Å²) in [7, 11) is 4.82. The summed E-state index contributed by atoms with van der Waals surface area (Å²) in [5.74, 6) is 1.99. The summed E-state index contributed by atoms with van der Waals surface area (Å²) in [6.45, 7) is 2.08. The van der Waals surface area contributed by atoms with Crippen molar-refractivity contribution in [3.05, 3.63) is 48.0 Å². The third-order valence-electron chi connectivity index (χ3n) is 8.15. The van der Waals surface area contributed by atoms with E-state index in [1.807, 2.05) is 6.07 Å². The van der Waals surface area contributed by atoms with E-state index in [9.17, 15) is 4.79 Å². The minimum atomic E-state index is -0.110. The number of nitrogens with zero attached hydrogens (tertiary/aromatic N) is 1. The van der Waals surface area contributed by atoms with Gasteiger partial charge in [-0.1, -0.05) is 0 Å². The van der Waals surface area contributed by atoms with Gasteiger partial charge in [0, 0.05) is 0 Å². The number of carbonyl (C=O) groups excluding carboxylic acids is 1. The van der Waals surface area contributed by atoms with Crippen LogP contribution in [0, 0.1) is 11.3 Å². The van der Waals surface area contributed by atoms with E-state index in [2.05, 4.69) is 41.0 Å². The van der Waals surface area contributed by atoms with Gasteiger partial charge >= 0.3 is 214 Å². The molecule has 5 rings (SSSR count). The van der Waals surface area contributed by atoms with Gasteiger partial charge in [-0.3, -0.25) is 0 Å². The molecule has 6 nitrogen and oxygen atoms in total. The van der Waals surface area contributed by atoms with E-state index in [0.717, 1.165) is 55.8 Å². The van der Waals surface area contributed by atoms with Gasteiger partial charge in [-0.2, -0.15) is 0 Å². The summed E-state index contributed by atoms with van der Waals surface area (Å²) < 4.78 is 20.3. The number of hydrogen-bond donors (Lipinski definition) is 1. The van der Waals surface area contributed by atoms with Crippen molar-refractivity contribution in [1.29, 1.82) is 0 Å². The molecule has 3 aliphatic rings. The van der Waals surface area contributed by atoms with E-state index >= 15 is 0 Å². The van der Waals surface area contributed by atoms with Crippen LogP contribution in [0.1, 0.15) is 43.6 Å². The number of rotatable bonds is 7. The Labute approximate surface area is 214 Å². The van der Waals surface area contributed by atoms with E-state index in [1.165, 1.54) is 17.3 Å². The third kappa shape index (κ3) is 4.45. The fourth-order valence-corrected chi connectivity index (χ4v) is 9.63. The molecule has 0 bridgehead atoms. The van der Waals surface area contributed by atoms with Crippen molar-refractivity contribution in [3.8, 4) is 11.5 Å². The second kappa shape index (κ2) is 9.87. The first kappa shape index (κ1) is 24.2. The quantitative estimate of drug-likeness (QED) is 0.251. The normalized spacial score (nSPS) is 27.3. The van der Waals surface area contributed by atoms with E-state index < -0.39 is 0 Å². The van der Waals surface area contributed by atoms with E-state index in [1.54, 1.807) is 14.2 Å². The van der Waals surface area contributed by atoms with Crippen molar-refractivity contribution >= 4 is 36.8 Å².